The molecule has 0 N–H and O–H groups in total. The van der Waals surface area contributed by atoms with E-state index in [1.807, 2.05) is 0 Å². The van der Waals surface area contributed by atoms with E-state index in [9.17, 15) is 0 Å². The number of allylic oxidation sites excluding steroid dienone is 2. The Morgan fingerprint density at radius 2 is 1.72 bits per heavy atom. The van der Waals surface area contributed by atoms with Gasteiger partial charge in [0, 0.05) is 39.9 Å². The van der Waals surface area contributed by atoms with Crippen molar-refractivity contribution >= 4 is 10.9 Å². The highest BCUT2D eigenvalue weighted by atomic mass is 32.2. The zero-order chi connectivity index (χ0) is 12.9. The molecule has 0 unspecified atom stereocenters. The number of hydrogen-bond donors (Lipinski definition) is 0. The maximum absolute atomic E-state index is 5.72. The minimum Gasteiger partial charge on any atom is -0.496 e. The average Bonchev–Trinajstić information content (AvgIpc) is 2.97. The molecular weight excluding hydrogens is 244 g/mol. The van der Waals surface area contributed by atoms with Gasteiger partial charge in [0.15, 0.2) is 10.6 Å². The molecule has 0 radical (unpaired) electrons. The molecule has 3 rings (SSSR count). The third-order valence-corrected chi connectivity index (χ3v) is 5.16. The van der Waals surface area contributed by atoms with Crippen LogP contribution in [0.5, 0.6) is 11.5 Å². The van der Waals surface area contributed by atoms with E-state index >= 15 is 0 Å². The largest absolute Gasteiger partial charge is 0.496 e. The molecule has 0 saturated heterocycles. The third kappa shape index (κ3) is 1.50. The van der Waals surface area contributed by atoms with Gasteiger partial charge in [-0.1, -0.05) is 12.2 Å². The van der Waals surface area contributed by atoms with Crippen LogP contribution >= 0.6 is 0 Å². The van der Waals surface area contributed by atoms with Gasteiger partial charge < -0.3 is 9.47 Å². The summed E-state index contributed by atoms with van der Waals surface area (Å²) >= 11 is 0. The van der Waals surface area contributed by atoms with Crippen LogP contribution < -0.4 is 9.47 Å². The Bertz CT molecular complexity index is 520. The number of fused-ring (bicyclic) bond motifs is 5. The molecule has 0 fully saturated rings. The van der Waals surface area contributed by atoms with Crippen LogP contribution in [0, 0.1) is 0 Å². The Kier molecular flexibility index (Phi) is 2.81. The molecule has 2 aliphatic rings. The summed E-state index contributed by atoms with van der Waals surface area (Å²) in [4.78, 5) is 1.29. The first-order valence-electron chi connectivity index (χ1n) is 6.22. The summed E-state index contributed by atoms with van der Waals surface area (Å²) in [6.07, 6.45) is 10.3. The molecule has 18 heavy (non-hydrogen) atoms. The van der Waals surface area contributed by atoms with Crippen LogP contribution in [0.4, 0.5) is 0 Å². The van der Waals surface area contributed by atoms with Crippen LogP contribution in [-0.2, 0) is 10.9 Å². The second kappa shape index (κ2) is 4.23. The van der Waals surface area contributed by atoms with E-state index in [4.69, 9.17) is 9.47 Å². The van der Waals surface area contributed by atoms with Crippen molar-refractivity contribution in [3.05, 3.63) is 29.3 Å². The van der Waals surface area contributed by atoms with Gasteiger partial charge in [-0.3, -0.25) is 0 Å². The van der Waals surface area contributed by atoms with Crippen molar-refractivity contribution in [3.8, 4) is 11.5 Å². The van der Waals surface area contributed by atoms with Gasteiger partial charge >= 0.3 is 0 Å². The molecule has 96 valence electrons. The monoisotopic (exact) mass is 263 g/mol. The van der Waals surface area contributed by atoms with Crippen molar-refractivity contribution in [2.75, 3.05) is 26.7 Å². The van der Waals surface area contributed by atoms with Crippen molar-refractivity contribution < 1.29 is 9.47 Å². The molecule has 2 atom stereocenters. The van der Waals surface area contributed by atoms with Crippen LogP contribution in [0.3, 0.4) is 0 Å². The topological polar surface area (TPSA) is 18.5 Å². The standard InChI is InChI=1S/C15H19O2S/c1-16-11-8-12(18(3)4)15(17-2)14-10-6-5-9(7-10)13(11)14/h5-6,8-10H,7H2,1-4H3/q+1/t9-,10+/m0/s1. The van der Waals surface area contributed by atoms with Gasteiger partial charge in [0.05, 0.1) is 14.2 Å². The molecule has 2 aliphatic carbocycles. The molecule has 0 saturated carbocycles. The van der Waals surface area contributed by atoms with E-state index in [0.29, 0.717) is 11.8 Å². The summed E-state index contributed by atoms with van der Waals surface area (Å²) < 4.78 is 11.3. The molecular formula is C15H19O2S+. The summed E-state index contributed by atoms with van der Waals surface area (Å²) in [5.74, 6) is 3.19. The summed E-state index contributed by atoms with van der Waals surface area (Å²) in [5, 5.41) is 0. The zero-order valence-corrected chi connectivity index (χ0v) is 12.1. The maximum Gasteiger partial charge on any atom is 0.200 e. The Morgan fingerprint density at radius 1 is 1.06 bits per heavy atom. The average molecular weight is 263 g/mol. The molecule has 3 heteroatoms. The second-order valence-corrected chi connectivity index (χ2v) is 7.16. The first kappa shape index (κ1) is 12.0. The normalized spacial score (nSPS) is 23.6. The van der Waals surface area contributed by atoms with Gasteiger partial charge in [0.2, 0.25) is 0 Å². The molecule has 2 nitrogen and oxygen atoms in total. The minimum atomic E-state index is 0.174. The van der Waals surface area contributed by atoms with Gasteiger partial charge in [-0.2, -0.15) is 0 Å². The van der Waals surface area contributed by atoms with Crippen molar-refractivity contribution in [2.24, 2.45) is 0 Å². The maximum atomic E-state index is 5.72. The van der Waals surface area contributed by atoms with Gasteiger partial charge in [-0.15, -0.1) is 0 Å². The Hall–Kier alpha value is -1.09. The quantitative estimate of drug-likeness (QED) is 0.616. The van der Waals surface area contributed by atoms with Gasteiger partial charge in [-0.25, -0.2) is 0 Å². The predicted molar refractivity (Wildman–Crippen MR) is 76.3 cm³/mol. The Labute approximate surface area is 111 Å². The van der Waals surface area contributed by atoms with Crippen LogP contribution in [0.2, 0.25) is 0 Å². The van der Waals surface area contributed by atoms with Crippen molar-refractivity contribution in [1.29, 1.82) is 0 Å². The smallest absolute Gasteiger partial charge is 0.200 e. The van der Waals surface area contributed by atoms with Crippen LogP contribution in [-0.4, -0.2) is 26.7 Å². The summed E-state index contributed by atoms with van der Waals surface area (Å²) in [5.41, 5.74) is 2.73. The van der Waals surface area contributed by atoms with E-state index in [2.05, 4.69) is 30.7 Å². The summed E-state index contributed by atoms with van der Waals surface area (Å²) in [7, 11) is 3.73. The third-order valence-electron chi connectivity index (χ3n) is 3.98. The highest BCUT2D eigenvalue weighted by molar-refractivity contribution is 7.95. The number of benzene rings is 1. The SMILES string of the molecule is COc1cc([S+](C)C)c(OC)c2c1[C@H]1C=C[C@@H]2C1. The van der Waals surface area contributed by atoms with E-state index < -0.39 is 0 Å². The number of methoxy groups -OCH3 is 2. The summed E-state index contributed by atoms with van der Waals surface area (Å²) in [6, 6.07) is 2.18. The highest BCUT2D eigenvalue weighted by Gasteiger charge is 2.40. The lowest BCUT2D eigenvalue weighted by Gasteiger charge is -2.19. The molecule has 0 spiro atoms. The van der Waals surface area contributed by atoms with E-state index in [-0.39, 0.29) is 10.9 Å². The molecule has 0 heterocycles. The van der Waals surface area contributed by atoms with E-state index in [0.717, 1.165) is 11.5 Å². The molecule has 0 amide bonds. The van der Waals surface area contributed by atoms with E-state index in [1.54, 1.807) is 14.2 Å². The lowest BCUT2D eigenvalue weighted by Crippen LogP contribution is -2.07. The number of ether oxygens (including phenoxy) is 2. The minimum absolute atomic E-state index is 0.174. The molecule has 1 aromatic carbocycles. The van der Waals surface area contributed by atoms with Gasteiger partial charge in [0.1, 0.15) is 18.3 Å². The second-order valence-electron chi connectivity index (χ2n) is 5.09. The molecule has 0 aromatic heterocycles. The van der Waals surface area contributed by atoms with Gasteiger partial charge in [-0.05, 0) is 6.42 Å². The van der Waals surface area contributed by atoms with Crippen molar-refractivity contribution in [1.82, 2.24) is 0 Å². The van der Waals surface area contributed by atoms with E-state index in [1.165, 1.54) is 22.4 Å². The fourth-order valence-electron chi connectivity index (χ4n) is 3.21. The predicted octanol–water partition coefficient (Wildman–Crippen LogP) is 3.08. The molecule has 2 bridgehead atoms. The Morgan fingerprint density at radius 3 is 2.28 bits per heavy atom. The number of rotatable bonds is 3. The highest BCUT2D eigenvalue weighted by Crippen LogP contribution is 2.56. The molecule has 1 aromatic rings. The van der Waals surface area contributed by atoms with Crippen molar-refractivity contribution in [3.63, 3.8) is 0 Å². The Balaban J connectivity index is 2.27. The lowest BCUT2D eigenvalue weighted by molar-refractivity contribution is 0.387. The van der Waals surface area contributed by atoms with Crippen LogP contribution in [0.1, 0.15) is 29.4 Å². The zero-order valence-electron chi connectivity index (χ0n) is 11.3. The molecule has 0 aliphatic heterocycles. The first-order valence-corrected chi connectivity index (χ1v) is 8.26. The number of hydrogen-bond acceptors (Lipinski definition) is 2. The van der Waals surface area contributed by atoms with Crippen molar-refractivity contribution in [2.45, 2.75) is 23.2 Å². The van der Waals surface area contributed by atoms with Crippen LogP contribution in [0.25, 0.3) is 0 Å². The fourth-order valence-corrected chi connectivity index (χ4v) is 4.12. The first-order chi connectivity index (χ1) is 8.67. The van der Waals surface area contributed by atoms with Crippen LogP contribution in [0.15, 0.2) is 23.1 Å². The lowest BCUT2D eigenvalue weighted by atomic mass is 9.95. The fraction of sp³-hybridized carbons (Fsp3) is 0.467. The summed E-state index contributed by atoms with van der Waals surface area (Å²) in [6.45, 7) is 0. The van der Waals surface area contributed by atoms with Gasteiger partial charge in [0.25, 0.3) is 0 Å².